The molecule has 0 bridgehead atoms. The molecule has 0 spiro atoms. The first-order chi connectivity index (χ1) is 8.17. The second kappa shape index (κ2) is 7.67. The topological polar surface area (TPSA) is 12.0 Å². The van der Waals surface area contributed by atoms with Crippen molar-refractivity contribution >= 4 is 11.6 Å². The molecule has 1 aromatic rings. The molecule has 0 saturated heterocycles. The Labute approximate surface area is 108 Å². The van der Waals surface area contributed by atoms with Crippen molar-refractivity contribution in [2.24, 2.45) is 0 Å². The van der Waals surface area contributed by atoms with Gasteiger partial charge in [-0.2, -0.15) is 0 Å². The van der Waals surface area contributed by atoms with E-state index in [-0.39, 0.29) is 5.82 Å². The van der Waals surface area contributed by atoms with E-state index in [0.717, 1.165) is 25.8 Å². The van der Waals surface area contributed by atoms with Crippen molar-refractivity contribution in [3.63, 3.8) is 0 Å². The smallest absolute Gasteiger partial charge is 0.126 e. The molecule has 17 heavy (non-hydrogen) atoms. The minimum atomic E-state index is -0.159. The first-order valence-electron chi connectivity index (χ1n) is 6.34. The predicted octanol–water partition coefficient (Wildman–Crippen LogP) is 4.19. The Balaban J connectivity index is 2.67. The monoisotopic (exact) mass is 257 g/mol. The molecule has 0 radical (unpaired) electrons. The van der Waals surface area contributed by atoms with Crippen LogP contribution in [0.25, 0.3) is 0 Å². The van der Waals surface area contributed by atoms with Crippen LogP contribution >= 0.6 is 11.6 Å². The first-order valence-corrected chi connectivity index (χ1v) is 6.72. The molecule has 1 N–H and O–H groups in total. The summed E-state index contributed by atoms with van der Waals surface area (Å²) in [4.78, 5) is 0. The van der Waals surface area contributed by atoms with Gasteiger partial charge in [0.05, 0.1) is 0 Å². The van der Waals surface area contributed by atoms with Crippen LogP contribution in [0.2, 0.25) is 5.02 Å². The minimum absolute atomic E-state index is 0.159. The van der Waals surface area contributed by atoms with Crippen molar-refractivity contribution in [3.8, 4) is 0 Å². The number of benzene rings is 1. The van der Waals surface area contributed by atoms with Crippen molar-refractivity contribution in [1.29, 1.82) is 0 Å². The summed E-state index contributed by atoms with van der Waals surface area (Å²) in [5.41, 5.74) is 0.708. The third-order valence-corrected chi connectivity index (χ3v) is 3.03. The van der Waals surface area contributed by atoms with Gasteiger partial charge in [0.15, 0.2) is 0 Å². The van der Waals surface area contributed by atoms with E-state index in [2.05, 4.69) is 19.2 Å². The van der Waals surface area contributed by atoms with Gasteiger partial charge in [0.2, 0.25) is 0 Å². The molecule has 1 rings (SSSR count). The summed E-state index contributed by atoms with van der Waals surface area (Å²) >= 11 is 5.89. The van der Waals surface area contributed by atoms with Crippen LogP contribution in [0.1, 0.15) is 38.7 Å². The van der Waals surface area contributed by atoms with Gasteiger partial charge in [0, 0.05) is 11.1 Å². The van der Waals surface area contributed by atoms with Gasteiger partial charge in [-0.3, -0.25) is 0 Å². The van der Waals surface area contributed by atoms with Crippen LogP contribution in [-0.4, -0.2) is 12.6 Å². The van der Waals surface area contributed by atoms with E-state index >= 15 is 0 Å². The highest BCUT2D eigenvalue weighted by Gasteiger charge is 2.11. The molecular weight excluding hydrogens is 237 g/mol. The van der Waals surface area contributed by atoms with Crippen LogP contribution in [0.5, 0.6) is 0 Å². The fourth-order valence-corrected chi connectivity index (χ4v) is 2.13. The molecule has 0 aliphatic rings. The molecule has 0 aromatic heterocycles. The van der Waals surface area contributed by atoms with E-state index in [1.165, 1.54) is 6.07 Å². The lowest BCUT2D eigenvalue weighted by atomic mass is 10.0. The summed E-state index contributed by atoms with van der Waals surface area (Å²) in [6.07, 6.45) is 3.97. The molecule has 96 valence electrons. The van der Waals surface area contributed by atoms with Crippen molar-refractivity contribution in [2.75, 3.05) is 6.54 Å². The quantitative estimate of drug-likeness (QED) is 0.772. The molecule has 1 nitrogen and oxygen atoms in total. The van der Waals surface area contributed by atoms with Crippen LogP contribution in [-0.2, 0) is 6.42 Å². The third kappa shape index (κ3) is 5.05. The maximum atomic E-state index is 13.6. The van der Waals surface area contributed by atoms with E-state index in [1.54, 1.807) is 12.1 Å². The highest BCUT2D eigenvalue weighted by Crippen LogP contribution is 2.17. The Morgan fingerprint density at radius 3 is 2.71 bits per heavy atom. The molecule has 0 saturated carbocycles. The Kier molecular flexibility index (Phi) is 6.53. The highest BCUT2D eigenvalue weighted by atomic mass is 35.5. The zero-order valence-electron chi connectivity index (χ0n) is 10.6. The molecule has 0 fully saturated rings. The molecule has 0 aliphatic carbocycles. The van der Waals surface area contributed by atoms with Crippen LogP contribution in [0.3, 0.4) is 0 Å². The molecule has 3 heteroatoms. The number of halogens is 2. The zero-order chi connectivity index (χ0) is 12.7. The van der Waals surface area contributed by atoms with Crippen molar-refractivity contribution in [3.05, 3.63) is 34.6 Å². The minimum Gasteiger partial charge on any atom is -0.314 e. The Hall–Kier alpha value is -0.600. The number of hydrogen-bond acceptors (Lipinski definition) is 1. The lowest BCUT2D eigenvalue weighted by Crippen LogP contribution is -2.31. The zero-order valence-corrected chi connectivity index (χ0v) is 11.4. The van der Waals surface area contributed by atoms with Gasteiger partial charge in [-0.25, -0.2) is 4.39 Å². The average Bonchev–Trinajstić information content (AvgIpc) is 2.31. The van der Waals surface area contributed by atoms with E-state index < -0.39 is 0 Å². The SMILES string of the molecule is CCCNC(CCC)Cc1cc(Cl)ccc1F. The lowest BCUT2D eigenvalue weighted by molar-refractivity contribution is 0.464. The van der Waals surface area contributed by atoms with Gasteiger partial charge in [0.25, 0.3) is 0 Å². The number of hydrogen-bond donors (Lipinski definition) is 1. The van der Waals surface area contributed by atoms with Gasteiger partial charge in [-0.15, -0.1) is 0 Å². The molecule has 0 amide bonds. The normalized spacial score (nSPS) is 12.7. The Morgan fingerprint density at radius 2 is 2.06 bits per heavy atom. The molecule has 0 heterocycles. The van der Waals surface area contributed by atoms with Gasteiger partial charge in [-0.1, -0.05) is 31.9 Å². The molecule has 1 atom stereocenters. The van der Waals surface area contributed by atoms with Gasteiger partial charge in [-0.05, 0) is 49.6 Å². The maximum Gasteiger partial charge on any atom is 0.126 e. The molecule has 1 aromatic carbocycles. The van der Waals surface area contributed by atoms with Crippen molar-refractivity contribution in [2.45, 2.75) is 45.6 Å². The van der Waals surface area contributed by atoms with Gasteiger partial charge in [0.1, 0.15) is 5.82 Å². The summed E-state index contributed by atoms with van der Waals surface area (Å²) in [7, 11) is 0. The molecular formula is C14H21ClFN. The van der Waals surface area contributed by atoms with Gasteiger partial charge < -0.3 is 5.32 Å². The highest BCUT2D eigenvalue weighted by molar-refractivity contribution is 6.30. The fraction of sp³-hybridized carbons (Fsp3) is 0.571. The number of rotatable bonds is 7. The van der Waals surface area contributed by atoms with Crippen LogP contribution < -0.4 is 5.32 Å². The summed E-state index contributed by atoms with van der Waals surface area (Å²) in [6, 6.07) is 5.11. The standard InChI is InChI=1S/C14H21ClFN/c1-3-5-13(17-8-4-2)10-11-9-12(15)6-7-14(11)16/h6-7,9,13,17H,3-5,8,10H2,1-2H3. The van der Waals surface area contributed by atoms with Crippen LogP contribution in [0.4, 0.5) is 4.39 Å². The van der Waals surface area contributed by atoms with E-state index in [4.69, 9.17) is 11.6 Å². The van der Waals surface area contributed by atoms with Crippen LogP contribution in [0.15, 0.2) is 18.2 Å². The number of nitrogens with one attached hydrogen (secondary N) is 1. The Bertz CT molecular complexity index is 341. The summed E-state index contributed by atoms with van der Waals surface area (Å²) < 4.78 is 13.6. The predicted molar refractivity (Wildman–Crippen MR) is 72.1 cm³/mol. The molecule has 1 unspecified atom stereocenters. The van der Waals surface area contributed by atoms with E-state index in [0.29, 0.717) is 23.0 Å². The van der Waals surface area contributed by atoms with E-state index in [1.807, 2.05) is 0 Å². The second-order valence-corrected chi connectivity index (χ2v) is 4.82. The fourth-order valence-electron chi connectivity index (χ4n) is 1.94. The lowest BCUT2D eigenvalue weighted by Gasteiger charge is -2.18. The third-order valence-electron chi connectivity index (χ3n) is 2.79. The van der Waals surface area contributed by atoms with Crippen molar-refractivity contribution < 1.29 is 4.39 Å². The average molecular weight is 258 g/mol. The summed E-state index contributed by atoms with van der Waals surface area (Å²) in [5.74, 6) is -0.159. The molecule has 0 aliphatic heterocycles. The first kappa shape index (κ1) is 14.5. The second-order valence-electron chi connectivity index (χ2n) is 4.38. The van der Waals surface area contributed by atoms with Crippen molar-refractivity contribution in [1.82, 2.24) is 5.32 Å². The maximum absolute atomic E-state index is 13.6. The van der Waals surface area contributed by atoms with Gasteiger partial charge >= 0.3 is 0 Å². The van der Waals surface area contributed by atoms with Crippen LogP contribution in [0, 0.1) is 5.82 Å². The summed E-state index contributed by atoms with van der Waals surface area (Å²) in [6.45, 7) is 5.26. The Morgan fingerprint density at radius 1 is 1.29 bits per heavy atom. The van der Waals surface area contributed by atoms with E-state index in [9.17, 15) is 4.39 Å². The summed E-state index contributed by atoms with van der Waals surface area (Å²) in [5, 5.41) is 4.06. The largest absolute Gasteiger partial charge is 0.314 e.